The maximum Gasteiger partial charge on any atom is 0.242 e. The molecule has 0 aliphatic heterocycles. The van der Waals surface area contributed by atoms with Crippen LogP contribution in [-0.4, -0.2) is 18.5 Å². The van der Waals surface area contributed by atoms with E-state index in [1.54, 1.807) is 13.0 Å². The van der Waals surface area contributed by atoms with Crippen molar-refractivity contribution >= 4 is 34.2 Å². The van der Waals surface area contributed by atoms with Crippen LogP contribution in [0, 0.1) is 15.3 Å². The van der Waals surface area contributed by atoms with E-state index < -0.39 is 0 Å². The average Bonchev–Trinajstić information content (AvgIpc) is 2.29. The molecule has 0 saturated heterocycles. The highest BCUT2D eigenvalue weighted by Crippen LogP contribution is 2.19. The molecule has 0 aromatic heterocycles. The maximum absolute atomic E-state index is 12.9. The molecule has 1 aromatic carbocycles. The van der Waals surface area contributed by atoms with E-state index in [9.17, 15) is 9.18 Å². The fourth-order valence-electron chi connectivity index (χ4n) is 1.36. The molecular formula is C13H18FIN2O. The molecule has 0 saturated carbocycles. The minimum absolute atomic E-state index is 0.0520. The van der Waals surface area contributed by atoms with Crippen molar-refractivity contribution in [1.82, 2.24) is 5.32 Å². The number of halogens is 2. The van der Waals surface area contributed by atoms with Gasteiger partial charge in [0.2, 0.25) is 5.91 Å². The van der Waals surface area contributed by atoms with Gasteiger partial charge in [-0.15, -0.1) is 0 Å². The van der Waals surface area contributed by atoms with Gasteiger partial charge in [-0.3, -0.25) is 4.79 Å². The normalized spacial score (nSPS) is 12.3. The van der Waals surface area contributed by atoms with E-state index in [-0.39, 0.29) is 17.8 Å². The van der Waals surface area contributed by atoms with Gasteiger partial charge >= 0.3 is 0 Å². The van der Waals surface area contributed by atoms with E-state index in [2.05, 4.69) is 10.6 Å². The Kier molecular flexibility index (Phi) is 5.84. The second-order valence-electron chi connectivity index (χ2n) is 4.63. The Labute approximate surface area is 121 Å². The third kappa shape index (κ3) is 4.80. The van der Waals surface area contributed by atoms with Gasteiger partial charge in [0.25, 0.3) is 0 Å². The largest absolute Gasteiger partial charge is 0.373 e. The second-order valence-corrected chi connectivity index (χ2v) is 5.79. The quantitative estimate of drug-likeness (QED) is 0.789. The zero-order chi connectivity index (χ0) is 13.7. The summed E-state index contributed by atoms with van der Waals surface area (Å²) in [6.07, 6.45) is 0. The highest BCUT2D eigenvalue weighted by Gasteiger charge is 2.13. The van der Waals surface area contributed by atoms with Crippen LogP contribution < -0.4 is 10.6 Å². The Morgan fingerprint density at radius 2 is 2.06 bits per heavy atom. The van der Waals surface area contributed by atoms with Gasteiger partial charge in [0, 0.05) is 15.8 Å². The number of rotatable bonds is 5. The smallest absolute Gasteiger partial charge is 0.242 e. The van der Waals surface area contributed by atoms with Gasteiger partial charge in [-0.25, -0.2) is 4.39 Å². The van der Waals surface area contributed by atoms with Crippen molar-refractivity contribution in [2.45, 2.75) is 26.8 Å². The van der Waals surface area contributed by atoms with E-state index in [4.69, 9.17) is 0 Å². The summed E-state index contributed by atoms with van der Waals surface area (Å²) in [7, 11) is 0. The molecule has 1 amide bonds. The molecule has 0 aliphatic carbocycles. The molecule has 0 radical (unpaired) electrons. The Hall–Kier alpha value is -0.850. The zero-order valence-corrected chi connectivity index (χ0v) is 12.9. The van der Waals surface area contributed by atoms with E-state index in [1.807, 2.05) is 36.4 Å². The predicted molar refractivity (Wildman–Crippen MR) is 80.0 cm³/mol. The third-order valence-corrected chi connectivity index (χ3v) is 3.27. The van der Waals surface area contributed by atoms with E-state index in [0.29, 0.717) is 12.5 Å². The van der Waals surface area contributed by atoms with Gasteiger partial charge in [0.1, 0.15) is 11.9 Å². The van der Waals surface area contributed by atoms with Crippen LogP contribution in [0.3, 0.4) is 0 Å². The van der Waals surface area contributed by atoms with Crippen LogP contribution in [0.4, 0.5) is 10.1 Å². The van der Waals surface area contributed by atoms with Crippen LogP contribution >= 0.6 is 22.6 Å². The fourth-order valence-corrected chi connectivity index (χ4v) is 2.00. The van der Waals surface area contributed by atoms with Gasteiger partial charge in [0.15, 0.2) is 0 Å². The summed E-state index contributed by atoms with van der Waals surface area (Å²) in [4.78, 5) is 11.8. The molecule has 1 aromatic rings. The van der Waals surface area contributed by atoms with Crippen molar-refractivity contribution in [3.8, 4) is 0 Å². The Balaban J connectivity index is 2.58. The predicted octanol–water partition coefficient (Wildman–Crippen LogP) is 3.00. The molecule has 18 heavy (non-hydrogen) atoms. The highest BCUT2D eigenvalue weighted by atomic mass is 127. The van der Waals surface area contributed by atoms with Crippen LogP contribution in [0.5, 0.6) is 0 Å². The van der Waals surface area contributed by atoms with Crippen molar-refractivity contribution < 1.29 is 9.18 Å². The molecule has 100 valence electrons. The van der Waals surface area contributed by atoms with Crippen LogP contribution in [0.15, 0.2) is 18.2 Å². The number of benzene rings is 1. The van der Waals surface area contributed by atoms with Crippen molar-refractivity contribution in [1.29, 1.82) is 0 Å². The molecule has 0 bridgehead atoms. The van der Waals surface area contributed by atoms with E-state index in [1.165, 1.54) is 12.1 Å². The number of nitrogens with one attached hydrogen (secondary N) is 2. The first-order chi connectivity index (χ1) is 8.40. The third-order valence-electron chi connectivity index (χ3n) is 2.38. The van der Waals surface area contributed by atoms with Gasteiger partial charge in [-0.1, -0.05) is 13.8 Å². The molecule has 0 aliphatic rings. The van der Waals surface area contributed by atoms with Gasteiger partial charge in [-0.05, 0) is 53.6 Å². The minimum Gasteiger partial charge on any atom is -0.373 e. The number of carbonyl (C=O) groups excluding carboxylic acids is 1. The van der Waals surface area contributed by atoms with Crippen molar-refractivity contribution in [2.75, 3.05) is 11.9 Å². The standard InChI is InChI=1S/C13H18FIN2O/c1-8(2)7-16-13(18)9(3)17-12-5-4-10(14)6-11(12)15/h4-6,8-9,17H,7H2,1-3H3,(H,16,18). The monoisotopic (exact) mass is 364 g/mol. The Bertz CT molecular complexity index is 423. The number of anilines is 1. The molecule has 1 unspecified atom stereocenters. The van der Waals surface area contributed by atoms with Gasteiger partial charge in [-0.2, -0.15) is 0 Å². The molecule has 5 heteroatoms. The number of carbonyl (C=O) groups is 1. The summed E-state index contributed by atoms with van der Waals surface area (Å²) in [5.74, 6) is 0.0952. The molecule has 2 N–H and O–H groups in total. The Morgan fingerprint density at radius 1 is 1.39 bits per heavy atom. The van der Waals surface area contributed by atoms with Crippen LogP contribution in [0.25, 0.3) is 0 Å². The summed E-state index contributed by atoms with van der Waals surface area (Å²) < 4.78 is 13.7. The van der Waals surface area contributed by atoms with Crippen LogP contribution in [0.2, 0.25) is 0 Å². The second kappa shape index (κ2) is 6.92. The van der Waals surface area contributed by atoms with Crippen molar-refractivity contribution in [3.63, 3.8) is 0 Å². The molecular weight excluding hydrogens is 346 g/mol. The van der Waals surface area contributed by atoms with Crippen LogP contribution in [-0.2, 0) is 4.79 Å². The van der Waals surface area contributed by atoms with Gasteiger partial charge < -0.3 is 10.6 Å². The lowest BCUT2D eigenvalue weighted by atomic mass is 10.2. The minimum atomic E-state index is -0.345. The summed E-state index contributed by atoms with van der Waals surface area (Å²) >= 11 is 2.04. The summed E-state index contributed by atoms with van der Waals surface area (Å²) in [5.41, 5.74) is 0.768. The molecule has 0 heterocycles. The summed E-state index contributed by atoms with van der Waals surface area (Å²) in [6, 6.07) is 4.11. The summed E-state index contributed by atoms with van der Waals surface area (Å²) in [6.45, 7) is 6.53. The number of hydrogen-bond donors (Lipinski definition) is 2. The molecule has 0 fully saturated rings. The average molecular weight is 364 g/mol. The lowest BCUT2D eigenvalue weighted by molar-refractivity contribution is -0.121. The first kappa shape index (κ1) is 15.2. The Morgan fingerprint density at radius 3 is 2.61 bits per heavy atom. The van der Waals surface area contributed by atoms with Crippen molar-refractivity contribution in [3.05, 3.63) is 27.6 Å². The molecule has 1 rings (SSSR count). The van der Waals surface area contributed by atoms with Gasteiger partial charge in [0.05, 0.1) is 0 Å². The molecule has 0 spiro atoms. The lowest BCUT2D eigenvalue weighted by Crippen LogP contribution is -2.39. The highest BCUT2D eigenvalue weighted by molar-refractivity contribution is 14.1. The summed E-state index contributed by atoms with van der Waals surface area (Å²) in [5, 5.41) is 5.93. The first-order valence-corrected chi connectivity index (χ1v) is 6.97. The fraction of sp³-hybridized carbons (Fsp3) is 0.462. The maximum atomic E-state index is 12.9. The zero-order valence-electron chi connectivity index (χ0n) is 10.8. The SMILES string of the molecule is CC(C)CNC(=O)C(C)Nc1ccc(F)cc1I. The number of hydrogen-bond acceptors (Lipinski definition) is 2. The van der Waals surface area contributed by atoms with E-state index in [0.717, 1.165) is 9.26 Å². The van der Waals surface area contributed by atoms with Crippen molar-refractivity contribution in [2.24, 2.45) is 5.92 Å². The van der Waals surface area contributed by atoms with Crippen LogP contribution in [0.1, 0.15) is 20.8 Å². The lowest BCUT2D eigenvalue weighted by Gasteiger charge is -2.17. The van der Waals surface area contributed by atoms with E-state index >= 15 is 0 Å². The first-order valence-electron chi connectivity index (χ1n) is 5.89. The number of amides is 1. The molecule has 1 atom stereocenters. The molecule has 3 nitrogen and oxygen atoms in total. The topological polar surface area (TPSA) is 41.1 Å².